The first kappa shape index (κ1) is 52.0. The van der Waals surface area contributed by atoms with E-state index in [0.29, 0.717) is 40.5 Å². The first-order chi connectivity index (χ1) is 31.8. The van der Waals surface area contributed by atoms with Crippen molar-refractivity contribution < 1.29 is 17.7 Å². The first-order valence-electron chi connectivity index (χ1n) is 26.5. The van der Waals surface area contributed by atoms with Crippen LogP contribution in [0.1, 0.15) is 168 Å². The maximum atomic E-state index is 14.6. The monoisotopic (exact) mass is 934 g/mol. The summed E-state index contributed by atoms with van der Waals surface area (Å²) in [5.74, 6) is 0.693. The number of aromatic nitrogens is 1. The van der Waals surface area contributed by atoms with Crippen molar-refractivity contribution in [3.8, 4) is 5.75 Å². The first-order valence-corrected chi connectivity index (χ1v) is 29.5. The van der Waals surface area contributed by atoms with Crippen molar-refractivity contribution in [2.75, 3.05) is 76.7 Å². The van der Waals surface area contributed by atoms with Crippen LogP contribution in [0.15, 0.2) is 63.3 Å². The molecule has 3 saturated heterocycles. The summed E-state index contributed by atoms with van der Waals surface area (Å²) in [5, 5.41) is 0.746. The van der Waals surface area contributed by atoms with Crippen molar-refractivity contribution in [1.29, 1.82) is 0 Å². The van der Waals surface area contributed by atoms with Crippen LogP contribution >= 0.6 is 0 Å². The maximum absolute atomic E-state index is 14.6. The van der Waals surface area contributed by atoms with Gasteiger partial charge in [0.25, 0.3) is 0 Å². The Bertz CT molecular complexity index is 1890. The Morgan fingerprint density at radius 1 is 0.631 bits per heavy atom. The Kier molecular flexibility index (Phi) is 22.5. The zero-order valence-electron chi connectivity index (χ0n) is 41.0. The molecule has 0 radical (unpaired) electrons. The zero-order chi connectivity index (χ0) is 45.7. The van der Waals surface area contributed by atoms with Crippen molar-refractivity contribution in [3.05, 3.63) is 48.7 Å². The van der Waals surface area contributed by atoms with Crippen molar-refractivity contribution in [3.63, 3.8) is 0 Å². The lowest BCUT2D eigenvalue weighted by atomic mass is 9.96. The number of likely N-dealkylation sites (tertiary alicyclic amines) is 1. The number of sulfone groups is 1. The van der Waals surface area contributed by atoms with Crippen molar-refractivity contribution in [2.24, 2.45) is 0 Å². The molecule has 3 aliphatic heterocycles. The summed E-state index contributed by atoms with van der Waals surface area (Å²) in [6.45, 7) is 14.9. The Morgan fingerprint density at radius 2 is 1.12 bits per heavy atom. The van der Waals surface area contributed by atoms with Gasteiger partial charge < -0.3 is 24.0 Å². The molecular weight excluding hydrogens is 847 g/mol. The minimum absolute atomic E-state index is 0.212. The van der Waals surface area contributed by atoms with Crippen LogP contribution in [0, 0.1) is 0 Å². The number of rotatable bonds is 29. The lowest BCUT2D eigenvalue weighted by molar-refractivity contribution is 0.0449. The molecule has 6 rings (SSSR count). The molecule has 1 atom stereocenters. The summed E-state index contributed by atoms with van der Waals surface area (Å²) in [6, 6.07) is 13.7. The number of benzene rings is 2. The molecule has 0 bridgehead atoms. The number of ether oxygens (including phenoxy) is 1. The quantitative estimate of drug-likeness (QED) is 0.0498. The summed E-state index contributed by atoms with van der Waals surface area (Å²) in [4.78, 5) is 16.0. The molecule has 3 aromatic rings. The van der Waals surface area contributed by atoms with Gasteiger partial charge in [0.1, 0.15) is 16.9 Å². The van der Waals surface area contributed by atoms with Crippen LogP contribution in [0.5, 0.6) is 5.75 Å². The number of hydrogen-bond donors (Lipinski definition) is 0. The Labute approximate surface area is 398 Å². The van der Waals surface area contributed by atoms with E-state index in [1.165, 1.54) is 161 Å². The molecule has 3 fully saturated rings. The van der Waals surface area contributed by atoms with Crippen LogP contribution in [0.4, 0.5) is 5.69 Å². The van der Waals surface area contributed by atoms with Crippen molar-refractivity contribution in [2.45, 2.75) is 195 Å². The third kappa shape index (κ3) is 16.1. The van der Waals surface area contributed by atoms with Gasteiger partial charge in [0, 0.05) is 69.0 Å². The minimum atomic E-state index is -3.93. The molecule has 1 aromatic heterocycles. The van der Waals surface area contributed by atoms with E-state index in [2.05, 4.69) is 38.4 Å². The summed E-state index contributed by atoms with van der Waals surface area (Å²) in [5.41, 5.74) is 1.40. The van der Waals surface area contributed by atoms with E-state index in [1.54, 1.807) is 30.5 Å². The molecule has 0 aliphatic carbocycles. The number of likely N-dealkylation sites (N-methyl/N-ethyl adjacent to an activating group) is 1. The zero-order valence-corrected chi connectivity index (χ0v) is 42.6. The van der Waals surface area contributed by atoms with E-state index in [1.807, 2.05) is 18.2 Å². The predicted octanol–water partition coefficient (Wildman–Crippen LogP) is 12.1. The van der Waals surface area contributed by atoms with Crippen molar-refractivity contribution >= 4 is 37.6 Å². The van der Waals surface area contributed by atoms with Gasteiger partial charge in [-0.05, 0) is 99.3 Å². The van der Waals surface area contributed by atoms with Crippen LogP contribution in [0.25, 0.3) is 10.9 Å². The van der Waals surface area contributed by atoms with E-state index in [9.17, 15) is 13.0 Å². The molecule has 0 saturated carbocycles. The molecule has 9 nitrogen and oxygen atoms in total. The van der Waals surface area contributed by atoms with E-state index in [0.717, 1.165) is 63.8 Å². The minimum Gasteiger partial charge on any atom is -0.612 e. The number of unbranched alkanes of at least 4 members (excludes halogenated alkanes) is 19. The lowest BCUT2D eigenvalue weighted by Crippen LogP contribution is -2.55. The van der Waals surface area contributed by atoms with Crippen LogP contribution in [-0.4, -0.2) is 117 Å². The number of pyridine rings is 1. The topological polar surface area (TPSA) is 92.3 Å². The van der Waals surface area contributed by atoms with Gasteiger partial charge in [-0.25, -0.2) is 8.42 Å². The third-order valence-electron chi connectivity index (χ3n) is 15.0. The molecule has 65 heavy (non-hydrogen) atoms. The van der Waals surface area contributed by atoms with Gasteiger partial charge in [-0.15, -0.1) is 0 Å². The Morgan fingerprint density at radius 3 is 1.63 bits per heavy atom. The summed E-state index contributed by atoms with van der Waals surface area (Å²) in [7, 11) is -3.93. The molecule has 364 valence electrons. The summed E-state index contributed by atoms with van der Waals surface area (Å²) >= 11 is -1.21. The third-order valence-corrected chi connectivity index (χ3v) is 17.7. The van der Waals surface area contributed by atoms with Gasteiger partial charge >= 0.3 is 0 Å². The highest BCUT2D eigenvalue weighted by Crippen LogP contribution is 2.39. The standard InChI is InChI=1S/C54H87N5O4S2/c1-4-6-7-8-9-10-11-12-13-14-15-16-17-18-19-20-21-22-23-24-43-63-48-25-28-50(29-26-48)65(61,62)53-45-55-52-30-27-49(64(3)60)44-51(52)54(53)59-37-33-46(34-38-59)57-35-31-47(32-36-57)58-41-39-56(5-2)40-42-58/h25-30,44-47H,4-24,31-43H2,1-3H3. The lowest BCUT2D eigenvalue weighted by Gasteiger charge is -2.46. The molecule has 4 heterocycles. The number of anilines is 1. The van der Waals surface area contributed by atoms with E-state index >= 15 is 0 Å². The fraction of sp³-hybridized carbons (Fsp3) is 0.722. The highest BCUT2D eigenvalue weighted by atomic mass is 32.2. The molecule has 0 N–H and O–H groups in total. The molecule has 2 aromatic carbocycles. The van der Waals surface area contributed by atoms with Crippen LogP contribution in [-0.2, 0) is 21.0 Å². The number of fused-ring (bicyclic) bond motifs is 1. The maximum Gasteiger partial charge on any atom is 0.210 e. The highest BCUT2D eigenvalue weighted by molar-refractivity contribution is 7.91. The van der Waals surface area contributed by atoms with E-state index < -0.39 is 21.0 Å². The van der Waals surface area contributed by atoms with Crippen molar-refractivity contribution in [1.82, 2.24) is 19.7 Å². The van der Waals surface area contributed by atoms with Crippen LogP contribution < -0.4 is 9.64 Å². The summed E-state index contributed by atoms with van der Waals surface area (Å²) < 4.78 is 47.9. The molecular formula is C54H87N5O4S2. The van der Waals surface area contributed by atoms with E-state index in [-0.39, 0.29) is 9.79 Å². The smallest absolute Gasteiger partial charge is 0.210 e. The van der Waals surface area contributed by atoms with E-state index in [4.69, 9.17) is 4.74 Å². The molecule has 0 amide bonds. The predicted molar refractivity (Wildman–Crippen MR) is 273 cm³/mol. The molecule has 3 aliphatic rings. The SMILES string of the molecule is CCCCCCCCCCCCCCCCCCCCCCOc1ccc(S(=O)(=O)c2cnc3ccc([S+](C)[O-])cc3c2N2CCC(N3CCC(N4CCN(CC)CC4)CC3)CC2)cc1. The van der Waals surface area contributed by atoms with Gasteiger partial charge in [-0.2, -0.15) is 0 Å². The fourth-order valence-electron chi connectivity index (χ4n) is 10.7. The molecule has 11 heteroatoms. The number of hydrogen-bond acceptors (Lipinski definition) is 9. The summed E-state index contributed by atoms with van der Waals surface area (Å²) in [6.07, 6.45) is 34.8. The number of piperidine rings is 2. The number of piperazine rings is 1. The number of nitrogens with zero attached hydrogens (tertiary/aromatic N) is 5. The highest BCUT2D eigenvalue weighted by Gasteiger charge is 2.34. The average Bonchev–Trinajstić information content (AvgIpc) is 3.34. The van der Waals surface area contributed by atoms with Gasteiger partial charge in [-0.3, -0.25) is 9.88 Å². The molecule has 1 unspecified atom stereocenters. The largest absolute Gasteiger partial charge is 0.612 e. The van der Waals surface area contributed by atoms with Gasteiger partial charge in [0.05, 0.1) is 22.7 Å². The van der Waals surface area contributed by atoms with Gasteiger partial charge in [0.2, 0.25) is 9.84 Å². The fourth-order valence-corrected chi connectivity index (χ4v) is 12.7. The normalized spacial score (nSPS) is 18.2. The Hall–Kier alpha value is -2.41. The second-order valence-corrected chi connectivity index (χ2v) is 22.9. The second kappa shape index (κ2) is 28.2. The Balaban J connectivity index is 0.918. The second-order valence-electron chi connectivity index (χ2n) is 19.6. The average molecular weight is 934 g/mol. The van der Waals surface area contributed by atoms with Gasteiger partial charge in [0.15, 0.2) is 4.90 Å². The van der Waals surface area contributed by atoms with Crippen LogP contribution in [0.2, 0.25) is 0 Å². The van der Waals surface area contributed by atoms with Crippen LogP contribution in [0.3, 0.4) is 0 Å². The van der Waals surface area contributed by atoms with Gasteiger partial charge in [-0.1, -0.05) is 136 Å². The molecule has 0 spiro atoms.